The Bertz CT molecular complexity index is 629. The van der Waals surface area contributed by atoms with Crippen molar-refractivity contribution in [2.45, 2.75) is 25.7 Å². The Morgan fingerprint density at radius 3 is 2.58 bits per heavy atom. The van der Waals surface area contributed by atoms with E-state index < -0.39 is 23.3 Å². The predicted octanol–water partition coefficient (Wildman–Crippen LogP) is 2.81. The average Bonchev–Trinajstić information content (AvgIpc) is 2.63. The fourth-order valence-corrected chi connectivity index (χ4v) is 3.50. The summed E-state index contributed by atoms with van der Waals surface area (Å²) in [5.74, 6) is -2.25. The van der Waals surface area contributed by atoms with E-state index in [4.69, 9.17) is 4.74 Å². The summed E-state index contributed by atoms with van der Waals surface area (Å²) in [5, 5.41) is 0. The van der Waals surface area contributed by atoms with Gasteiger partial charge in [0.15, 0.2) is 5.78 Å². The molecule has 2 saturated heterocycles. The Hall–Kier alpha value is -1.82. The van der Waals surface area contributed by atoms with Gasteiger partial charge in [0.2, 0.25) is 5.91 Å². The minimum atomic E-state index is -0.714. The molecule has 2 aliphatic heterocycles. The summed E-state index contributed by atoms with van der Waals surface area (Å²) in [6.07, 6.45) is 2.69. The molecular formula is C18H21F2NO3. The lowest BCUT2D eigenvalue weighted by Crippen LogP contribution is -2.46. The van der Waals surface area contributed by atoms with Crippen LogP contribution < -0.4 is 0 Å². The minimum absolute atomic E-state index is 0.0514. The number of amides is 1. The molecule has 24 heavy (non-hydrogen) atoms. The number of hydrogen-bond donors (Lipinski definition) is 0. The second kappa shape index (κ2) is 7.38. The summed E-state index contributed by atoms with van der Waals surface area (Å²) in [6, 6.07) is 2.90. The van der Waals surface area contributed by atoms with Crippen molar-refractivity contribution in [1.82, 2.24) is 4.90 Å². The van der Waals surface area contributed by atoms with Crippen LogP contribution in [-0.2, 0) is 9.53 Å². The molecule has 0 radical (unpaired) electrons. The number of ketones is 1. The topological polar surface area (TPSA) is 46.6 Å². The van der Waals surface area contributed by atoms with Gasteiger partial charge >= 0.3 is 0 Å². The number of ether oxygens (including phenoxy) is 1. The zero-order valence-corrected chi connectivity index (χ0v) is 13.5. The smallest absolute Gasteiger partial charge is 0.225 e. The second-order valence-electron chi connectivity index (χ2n) is 6.50. The molecule has 1 aromatic carbocycles. The second-order valence-corrected chi connectivity index (χ2v) is 6.50. The van der Waals surface area contributed by atoms with Crippen LogP contribution in [0.1, 0.15) is 36.0 Å². The number of nitrogens with zero attached hydrogens (tertiary/aromatic N) is 1. The molecule has 0 N–H and O–H groups in total. The molecule has 2 heterocycles. The van der Waals surface area contributed by atoms with Crippen LogP contribution >= 0.6 is 0 Å². The van der Waals surface area contributed by atoms with Gasteiger partial charge in [-0.05, 0) is 43.9 Å². The van der Waals surface area contributed by atoms with Crippen molar-refractivity contribution in [2.75, 3.05) is 26.3 Å². The summed E-state index contributed by atoms with van der Waals surface area (Å²) in [4.78, 5) is 26.9. The maximum Gasteiger partial charge on any atom is 0.225 e. The molecule has 0 aromatic heterocycles. The number of Topliss-reactive ketones (excluding diaryl/α,β-unsaturated/α-hetero) is 1. The van der Waals surface area contributed by atoms with Crippen molar-refractivity contribution in [2.24, 2.45) is 11.8 Å². The van der Waals surface area contributed by atoms with Crippen LogP contribution in [-0.4, -0.2) is 42.9 Å². The van der Waals surface area contributed by atoms with Crippen LogP contribution in [0.4, 0.5) is 8.78 Å². The maximum atomic E-state index is 13.8. The number of rotatable bonds is 3. The SMILES string of the molecule is O=C(c1cc(F)ccc1F)[C@@H]1CCCN(C(=O)C2CCOCC2)C1. The highest BCUT2D eigenvalue weighted by Crippen LogP contribution is 2.26. The molecule has 0 spiro atoms. The average molecular weight is 337 g/mol. The zero-order valence-electron chi connectivity index (χ0n) is 13.5. The van der Waals surface area contributed by atoms with Crippen LogP contribution in [0.5, 0.6) is 0 Å². The Morgan fingerprint density at radius 1 is 1.08 bits per heavy atom. The summed E-state index contributed by atoms with van der Waals surface area (Å²) >= 11 is 0. The van der Waals surface area contributed by atoms with Crippen molar-refractivity contribution in [3.63, 3.8) is 0 Å². The Balaban J connectivity index is 1.69. The fraction of sp³-hybridized carbons (Fsp3) is 0.556. The molecule has 3 rings (SSSR count). The molecular weight excluding hydrogens is 316 g/mol. The summed E-state index contributed by atoms with van der Waals surface area (Å²) in [5.41, 5.74) is -0.222. The quantitative estimate of drug-likeness (QED) is 0.797. The van der Waals surface area contributed by atoms with Crippen molar-refractivity contribution < 1.29 is 23.1 Å². The molecule has 1 atom stereocenters. The Morgan fingerprint density at radius 2 is 1.83 bits per heavy atom. The zero-order chi connectivity index (χ0) is 17.1. The van der Waals surface area contributed by atoms with Gasteiger partial charge in [0.05, 0.1) is 5.56 Å². The van der Waals surface area contributed by atoms with Crippen LogP contribution in [0.15, 0.2) is 18.2 Å². The van der Waals surface area contributed by atoms with Crippen molar-refractivity contribution >= 4 is 11.7 Å². The van der Waals surface area contributed by atoms with Gasteiger partial charge in [-0.15, -0.1) is 0 Å². The van der Waals surface area contributed by atoms with Crippen molar-refractivity contribution in [3.8, 4) is 0 Å². The molecule has 2 aliphatic rings. The largest absolute Gasteiger partial charge is 0.381 e. The summed E-state index contributed by atoms with van der Waals surface area (Å²) < 4.78 is 32.4. The molecule has 2 fully saturated rings. The number of carbonyl (C=O) groups is 2. The van der Waals surface area contributed by atoms with Gasteiger partial charge in [-0.1, -0.05) is 0 Å². The third-order valence-corrected chi connectivity index (χ3v) is 4.87. The molecule has 4 nitrogen and oxygen atoms in total. The monoisotopic (exact) mass is 337 g/mol. The summed E-state index contributed by atoms with van der Waals surface area (Å²) in [7, 11) is 0. The van der Waals surface area contributed by atoms with Gasteiger partial charge in [0.1, 0.15) is 11.6 Å². The molecule has 0 saturated carbocycles. The molecule has 0 unspecified atom stereocenters. The van der Waals surface area contributed by atoms with Crippen LogP contribution in [0.2, 0.25) is 0 Å². The van der Waals surface area contributed by atoms with Gasteiger partial charge in [-0.25, -0.2) is 8.78 Å². The molecule has 1 aromatic rings. The normalized spacial score (nSPS) is 22.4. The molecule has 130 valence electrons. The van der Waals surface area contributed by atoms with Gasteiger partial charge in [-0.2, -0.15) is 0 Å². The van der Waals surface area contributed by atoms with Gasteiger partial charge < -0.3 is 9.64 Å². The van der Waals surface area contributed by atoms with Crippen molar-refractivity contribution in [3.05, 3.63) is 35.4 Å². The minimum Gasteiger partial charge on any atom is -0.381 e. The van der Waals surface area contributed by atoms with E-state index in [9.17, 15) is 18.4 Å². The van der Waals surface area contributed by atoms with E-state index in [1.165, 1.54) is 0 Å². The third-order valence-electron chi connectivity index (χ3n) is 4.87. The molecule has 0 bridgehead atoms. The third kappa shape index (κ3) is 3.64. The van der Waals surface area contributed by atoms with E-state index in [0.717, 1.165) is 18.2 Å². The predicted molar refractivity (Wildman–Crippen MR) is 83.5 cm³/mol. The summed E-state index contributed by atoms with van der Waals surface area (Å²) in [6.45, 7) is 2.07. The van der Waals surface area contributed by atoms with Crippen LogP contribution in [0.3, 0.4) is 0 Å². The van der Waals surface area contributed by atoms with Gasteiger partial charge in [0, 0.05) is 38.1 Å². The van der Waals surface area contributed by atoms with Crippen LogP contribution in [0, 0.1) is 23.5 Å². The van der Waals surface area contributed by atoms with Crippen molar-refractivity contribution in [1.29, 1.82) is 0 Å². The van der Waals surface area contributed by atoms with Crippen LogP contribution in [0.25, 0.3) is 0 Å². The lowest BCUT2D eigenvalue weighted by atomic mass is 9.88. The first-order valence-electron chi connectivity index (χ1n) is 8.42. The Labute approximate surface area is 139 Å². The number of carbonyl (C=O) groups excluding carboxylic acids is 2. The highest BCUT2D eigenvalue weighted by molar-refractivity contribution is 5.98. The highest BCUT2D eigenvalue weighted by atomic mass is 19.1. The van der Waals surface area contributed by atoms with E-state index in [2.05, 4.69) is 0 Å². The molecule has 1 amide bonds. The van der Waals surface area contributed by atoms with E-state index in [-0.39, 0.29) is 23.9 Å². The first-order valence-corrected chi connectivity index (χ1v) is 8.42. The lowest BCUT2D eigenvalue weighted by molar-refractivity contribution is -0.140. The fourth-order valence-electron chi connectivity index (χ4n) is 3.50. The number of piperidine rings is 1. The highest BCUT2D eigenvalue weighted by Gasteiger charge is 2.33. The van der Waals surface area contributed by atoms with Gasteiger partial charge in [0.25, 0.3) is 0 Å². The van der Waals surface area contributed by atoms with Gasteiger partial charge in [-0.3, -0.25) is 9.59 Å². The molecule has 0 aliphatic carbocycles. The Kier molecular flexibility index (Phi) is 5.23. The van der Waals surface area contributed by atoms with E-state index in [1.807, 2.05) is 0 Å². The first kappa shape index (κ1) is 17.0. The number of likely N-dealkylation sites (tertiary alicyclic amines) is 1. The first-order chi connectivity index (χ1) is 11.6. The number of hydrogen-bond acceptors (Lipinski definition) is 3. The maximum absolute atomic E-state index is 13.8. The number of benzene rings is 1. The van der Waals surface area contributed by atoms with E-state index >= 15 is 0 Å². The number of halogens is 2. The van der Waals surface area contributed by atoms with E-state index in [0.29, 0.717) is 45.4 Å². The lowest BCUT2D eigenvalue weighted by Gasteiger charge is -2.35. The molecule has 6 heteroatoms. The standard InChI is InChI=1S/C18H21F2NO3/c19-14-3-4-16(20)15(10-14)17(22)13-2-1-7-21(11-13)18(23)12-5-8-24-9-6-12/h3-4,10,12-13H,1-2,5-9,11H2/t13-/m1/s1. The van der Waals surface area contributed by atoms with E-state index in [1.54, 1.807) is 4.90 Å².